The van der Waals surface area contributed by atoms with Gasteiger partial charge in [-0.05, 0) is 39.9 Å². The number of halogens is 2. The Balaban J connectivity index is 3.01. The van der Waals surface area contributed by atoms with Gasteiger partial charge in [0.25, 0.3) is 5.91 Å². The van der Waals surface area contributed by atoms with E-state index in [4.69, 9.17) is 0 Å². The molecule has 0 bridgehead atoms. The summed E-state index contributed by atoms with van der Waals surface area (Å²) < 4.78 is 14.3. The van der Waals surface area contributed by atoms with Gasteiger partial charge in [0.2, 0.25) is 0 Å². The zero-order valence-electron chi connectivity index (χ0n) is 11.9. The molecule has 0 radical (unpaired) electrons. The third kappa shape index (κ3) is 4.60. The van der Waals surface area contributed by atoms with Gasteiger partial charge in [0.15, 0.2) is 0 Å². The monoisotopic (exact) mass is 329 g/mol. The summed E-state index contributed by atoms with van der Waals surface area (Å²) in [7, 11) is 0. The lowest BCUT2D eigenvalue weighted by molar-refractivity contribution is 0.0710. The predicted molar refractivity (Wildman–Crippen MR) is 79.7 cm³/mol. The topological polar surface area (TPSA) is 20.3 Å². The molecule has 0 heterocycles. The minimum atomic E-state index is -0.481. The number of hydrogen-bond acceptors (Lipinski definition) is 1. The first-order valence-corrected chi connectivity index (χ1v) is 7.35. The van der Waals surface area contributed by atoms with Crippen LogP contribution in [0.4, 0.5) is 4.39 Å². The molecule has 4 heteroatoms. The smallest absolute Gasteiger partial charge is 0.256 e. The maximum atomic E-state index is 14.0. The number of rotatable bonds is 5. The van der Waals surface area contributed by atoms with E-state index in [-0.39, 0.29) is 11.5 Å². The predicted octanol–water partition coefficient (Wildman–Crippen LogP) is 4.34. The van der Waals surface area contributed by atoms with Crippen LogP contribution in [0.5, 0.6) is 0 Å². The summed E-state index contributed by atoms with van der Waals surface area (Å²) >= 11 is 3.12. The van der Waals surface area contributed by atoms with Crippen molar-refractivity contribution in [2.45, 2.75) is 27.7 Å². The molecule has 106 valence electrons. The molecule has 0 aliphatic rings. The molecular formula is C15H21BrFNO. The van der Waals surface area contributed by atoms with E-state index in [9.17, 15) is 9.18 Å². The Hall–Kier alpha value is -0.900. The van der Waals surface area contributed by atoms with Crippen molar-refractivity contribution in [1.82, 2.24) is 4.90 Å². The Bertz CT molecular complexity index is 436. The molecule has 0 saturated heterocycles. The van der Waals surface area contributed by atoms with E-state index in [1.165, 1.54) is 6.07 Å². The number of carbonyl (C=O) groups is 1. The Morgan fingerprint density at radius 2 is 1.74 bits per heavy atom. The van der Waals surface area contributed by atoms with Gasteiger partial charge in [-0.1, -0.05) is 33.8 Å². The van der Waals surface area contributed by atoms with Crippen molar-refractivity contribution < 1.29 is 9.18 Å². The normalized spacial score (nSPS) is 11.2. The van der Waals surface area contributed by atoms with Crippen LogP contribution in [0.15, 0.2) is 22.7 Å². The number of carbonyl (C=O) groups excluding carboxylic acids is 1. The van der Waals surface area contributed by atoms with E-state index in [1.54, 1.807) is 17.0 Å². The quantitative estimate of drug-likeness (QED) is 0.786. The minimum absolute atomic E-state index is 0.135. The zero-order valence-corrected chi connectivity index (χ0v) is 13.5. The Labute approximate surface area is 123 Å². The van der Waals surface area contributed by atoms with Gasteiger partial charge in [0, 0.05) is 13.1 Å². The molecule has 2 nitrogen and oxygen atoms in total. The van der Waals surface area contributed by atoms with Gasteiger partial charge < -0.3 is 4.90 Å². The first kappa shape index (κ1) is 16.2. The van der Waals surface area contributed by atoms with Crippen molar-refractivity contribution in [2.24, 2.45) is 11.8 Å². The maximum Gasteiger partial charge on any atom is 0.256 e. The van der Waals surface area contributed by atoms with Crippen LogP contribution in [0.3, 0.4) is 0 Å². The standard InChI is InChI=1S/C15H21BrFNO/c1-10(2)8-18(9-11(3)4)15(19)12-6-5-7-13(16)14(12)17/h5-7,10-11H,8-9H2,1-4H3. The van der Waals surface area contributed by atoms with Gasteiger partial charge in [-0.25, -0.2) is 4.39 Å². The molecule has 0 aliphatic carbocycles. The van der Waals surface area contributed by atoms with Crippen molar-refractivity contribution in [2.75, 3.05) is 13.1 Å². The van der Waals surface area contributed by atoms with Crippen molar-refractivity contribution in [3.8, 4) is 0 Å². The third-order valence-electron chi connectivity index (χ3n) is 2.64. The fourth-order valence-corrected chi connectivity index (χ4v) is 2.33. The highest BCUT2D eigenvalue weighted by molar-refractivity contribution is 9.10. The Kier molecular flexibility index (Phi) is 5.98. The van der Waals surface area contributed by atoms with Gasteiger partial charge in [0.05, 0.1) is 10.0 Å². The van der Waals surface area contributed by atoms with E-state index >= 15 is 0 Å². The molecule has 0 aliphatic heterocycles. The SMILES string of the molecule is CC(C)CN(CC(C)C)C(=O)c1cccc(Br)c1F. The number of hydrogen-bond donors (Lipinski definition) is 0. The fraction of sp³-hybridized carbons (Fsp3) is 0.533. The lowest BCUT2D eigenvalue weighted by Crippen LogP contribution is -2.37. The molecule has 0 aromatic heterocycles. The number of amides is 1. The van der Waals surface area contributed by atoms with Gasteiger partial charge >= 0.3 is 0 Å². The largest absolute Gasteiger partial charge is 0.338 e. The van der Waals surface area contributed by atoms with Crippen LogP contribution >= 0.6 is 15.9 Å². The number of benzene rings is 1. The molecule has 1 rings (SSSR count). The highest BCUT2D eigenvalue weighted by atomic mass is 79.9. The van der Waals surface area contributed by atoms with Crippen LogP contribution in [-0.4, -0.2) is 23.9 Å². The molecular weight excluding hydrogens is 309 g/mol. The summed E-state index contributed by atoms with van der Waals surface area (Å²) in [6.45, 7) is 9.50. The van der Waals surface area contributed by atoms with Gasteiger partial charge in [-0.3, -0.25) is 4.79 Å². The molecule has 1 amide bonds. The van der Waals surface area contributed by atoms with E-state index in [1.807, 2.05) is 0 Å². The molecule has 0 N–H and O–H groups in total. The van der Waals surface area contributed by atoms with Crippen molar-refractivity contribution in [3.63, 3.8) is 0 Å². The van der Waals surface area contributed by atoms with Crippen molar-refractivity contribution in [3.05, 3.63) is 34.1 Å². The van der Waals surface area contributed by atoms with Gasteiger partial charge in [-0.2, -0.15) is 0 Å². The second-order valence-electron chi connectivity index (χ2n) is 5.60. The molecule has 0 atom stereocenters. The lowest BCUT2D eigenvalue weighted by atomic mass is 10.1. The Morgan fingerprint density at radius 1 is 1.21 bits per heavy atom. The van der Waals surface area contributed by atoms with Crippen LogP contribution < -0.4 is 0 Å². The van der Waals surface area contributed by atoms with E-state index in [2.05, 4.69) is 43.6 Å². The van der Waals surface area contributed by atoms with E-state index in [0.717, 1.165) is 0 Å². The summed E-state index contributed by atoms with van der Waals surface area (Å²) in [5.74, 6) is 0.00189. The van der Waals surface area contributed by atoms with Gasteiger partial charge in [0.1, 0.15) is 5.82 Å². The fourth-order valence-electron chi connectivity index (χ4n) is 1.96. The van der Waals surface area contributed by atoms with Crippen LogP contribution in [0.1, 0.15) is 38.1 Å². The van der Waals surface area contributed by atoms with E-state index < -0.39 is 5.82 Å². The molecule has 0 spiro atoms. The second-order valence-corrected chi connectivity index (χ2v) is 6.45. The summed E-state index contributed by atoms with van der Waals surface area (Å²) in [6, 6.07) is 4.82. The van der Waals surface area contributed by atoms with Crippen molar-refractivity contribution in [1.29, 1.82) is 0 Å². The summed E-state index contributed by atoms with van der Waals surface area (Å²) in [5.41, 5.74) is 0.135. The molecule has 19 heavy (non-hydrogen) atoms. The molecule has 1 aromatic carbocycles. The second kappa shape index (κ2) is 7.04. The summed E-state index contributed by atoms with van der Waals surface area (Å²) in [6.07, 6.45) is 0. The van der Waals surface area contributed by atoms with Gasteiger partial charge in [-0.15, -0.1) is 0 Å². The summed E-state index contributed by atoms with van der Waals surface area (Å²) in [4.78, 5) is 14.2. The molecule has 1 aromatic rings. The molecule has 0 saturated carbocycles. The average Bonchev–Trinajstić information content (AvgIpc) is 2.30. The number of nitrogens with zero attached hydrogens (tertiary/aromatic N) is 1. The first-order valence-electron chi connectivity index (χ1n) is 6.56. The van der Waals surface area contributed by atoms with Crippen LogP contribution in [0.2, 0.25) is 0 Å². The average molecular weight is 330 g/mol. The summed E-state index contributed by atoms with van der Waals surface area (Å²) in [5, 5.41) is 0. The molecule has 0 fully saturated rings. The highest BCUT2D eigenvalue weighted by Gasteiger charge is 2.21. The van der Waals surface area contributed by atoms with Crippen molar-refractivity contribution >= 4 is 21.8 Å². The molecule has 0 unspecified atom stereocenters. The van der Waals surface area contributed by atoms with Crippen LogP contribution in [0, 0.1) is 17.7 Å². The van der Waals surface area contributed by atoms with Crippen LogP contribution in [0.25, 0.3) is 0 Å². The zero-order chi connectivity index (χ0) is 14.6. The highest BCUT2D eigenvalue weighted by Crippen LogP contribution is 2.20. The minimum Gasteiger partial charge on any atom is -0.338 e. The lowest BCUT2D eigenvalue weighted by Gasteiger charge is -2.26. The van der Waals surface area contributed by atoms with E-state index in [0.29, 0.717) is 29.4 Å². The third-order valence-corrected chi connectivity index (χ3v) is 3.25. The maximum absolute atomic E-state index is 14.0. The van der Waals surface area contributed by atoms with Crippen LogP contribution in [-0.2, 0) is 0 Å². The first-order chi connectivity index (χ1) is 8.82. The Morgan fingerprint density at radius 3 is 2.21 bits per heavy atom.